The molecular weight excluding hydrogens is 1520 g/mol. The van der Waals surface area contributed by atoms with Crippen LogP contribution in [-0.4, -0.2) is 215 Å². The summed E-state index contributed by atoms with van der Waals surface area (Å²) in [6.45, 7) is 5.49. The van der Waals surface area contributed by atoms with Crippen molar-refractivity contribution in [2.45, 2.75) is 175 Å². The van der Waals surface area contributed by atoms with Gasteiger partial charge in [-0.15, -0.1) is 0 Å². The van der Waals surface area contributed by atoms with Crippen molar-refractivity contribution in [3.05, 3.63) is 117 Å². The molecule has 0 saturated carbocycles. The minimum Gasteiger partial charge on any atom is -0.508 e. The minimum atomic E-state index is -2.39. The van der Waals surface area contributed by atoms with Gasteiger partial charge in [0.05, 0.1) is 41.3 Å². The Bertz CT molecular complexity index is 4480. The van der Waals surface area contributed by atoms with Crippen LogP contribution in [0.5, 0.6) is 46.0 Å². The fourth-order valence-corrected chi connectivity index (χ4v) is 14.0. The number of carboxylic acid groups (broad SMARTS) is 1. The van der Waals surface area contributed by atoms with E-state index in [1.807, 2.05) is 13.8 Å². The summed E-state index contributed by atoms with van der Waals surface area (Å²) in [5.74, 6) is -18.0. The number of guanidine groups is 1. The van der Waals surface area contributed by atoms with Crippen molar-refractivity contribution in [1.82, 2.24) is 42.5 Å². The number of benzene rings is 5. The number of aliphatic hydroxyl groups excluding tert-OH is 6. The number of hydrogen-bond donors (Lipinski definition) is 22. The highest BCUT2D eigenvalue weighted by atomic mass is 35.5. The second kappa shape index (κ2) is 35.1. The minimum absolute atomic E-state index is 0.0466. The molecule has 12 rings (SSSR count). The molecular formula is C72H87Cl2N13O25. The molecule has 7 aliphatic rings. The van der Waals surface area contributed by atoms with Gasteiger partial charge in [0.15, 0.2) is 29.9 Å². The Kier molecular flexibility index (Phi) is 26.3. The second-order valence-corrected chi connectivity index (χ2v) is 29.0. The third-order valence-corrected chi connectivity index (χ3v) is 19.9. The van der Waals surface area contributed by atoms with E-state index in [1.54, 1.807) is 0 Å². The monoisotopic (exact) mass is 1600 g/mol. The number of phenols is 3. The standard InChI is InChI=1S/C72H87Cl2N13O25/c1-26(2)15-38(79-5)62(98)86-53-55(93)29-9-12-42(35(73)17-29)108-44-19-31-20-45(59(44)112-70-60(58(96)57(95)46(25-88)110-70)111-48-24-72(4,78)61(97)27(3)107-48)109-43-13-10-30(18-36(43)74)56(94)54-68(104)85-52(66(102)81-37(69(105)106)7-6-14-80-71(76)77)34-21-32(89)22-41(91)49(34)33-16-28(8-11-40(33)90)50(64(100)87-54)84-65(101)51(31)83-63(99)39(23-47(75)92)82-67(53)103/h8-13,16-22,26-27,37-39,46,48,50-58,60-61,70,79,88-91,93-97H,6-7,14-15,23-25,78H2,1-5H3,(H2,75,92)(H,81,102)(H,82,103)(H,83,99)(H,84,101)(H,85,104)(H,86,98)(H,87,100)(H,105,106)(H4,76,77,80)/t27-,37-,38+,39-,46+,48-,50+,51+,52-,53+,54-,55+,56+,57+,58-,60+,61+,70-,72-/m0/s1. The maximum absolute atomic E-state index is 16.2. The smallest absolute Gasteiger partial charge is 0.326 e. The molecule has 2 saturated heterocycles. The van der Waals surface area contributed by atoms with Gasteiger partial charge in [-0.2, -0.15) is 0 Å². The van der Waals surface area contributed by atoms with Gasteiger partial charge in [0.1, 0.15) is 102 Å². The number of carbonyl (C=O) groups is 9. The molecule has 8 amide bonds. The number of hydrogen-bond acceptors (Lipinski definition) is 27. The molecule has 26 N–H and O–H groups in total. The first kappa shape index (κ1) is 84.0. The molecule has 0 aromatic heterocycles. The average Bonchev–Trinajstić information content (AvgIpc) is 0.766. The molecule has 7 heterocycles. The van der Waals surface area contributed by atoms with Gasteiger partial charge in [-0.05, 0) is 128 Å². The Labute approximate surface area is 647 Å². The maximum atomic E-state index is 16.2. The van der Waals surface area contributed by atoms with E-state index in [9.17, 15) is 75.0 Å². The van der Waals surface area contributed by atoms with Gasteiger partial charge in [0.2, 0.25) is 59.3 Å². The van der Waals surface area contributed by atoms with Crippen LogP contribution >= 0.6 is 23.2 Å². The van der Waals surface area contributed by atoms with E-state index < -0.39 is 255 Å². The first-order valence-electron chi connectivity index (χ1n) is 35.2. The van der Waals surface area contributed by atoms with Gasteiger partial charge >= 0.3 is 5.97 Å². The van der Waals surface area contributed by atoms with Crippen molar-refractivity contribution >= 4 is 82.4 Å². The Balaban J connectivity index is 1.23. The number of primary amides is 1. The van der Waals surface area contributed by atoms with E-state index in [2.05, 4.69) is 47.5 Å². The Morgan fingerprint density at radius 1 is 0.714 bits per heavy atom. The van der Waals surface area contributed by atoms with Crippen LogP contribution in [0.3, 0.4) is 0 Å². The second-order valence-electron chi connectivity index (χ2n) is 28.2. The highest BCUT2D eigenvalue weighted by Gasteiger charge is 2.52. The zero-order valence-corrected chi connectivity index (χ0v) is 62.0. The van der Waals surface area contributed by atoms with E-state index in [-0.39, 0.29) is 66.0 Å². The largest absolute Gasteiger partial charge is 0.508 e. The lowest BCUT2D eigenvalue weighted by Gasteiger charge is -2.47. The molecule has 7 aliphatic heterocycles. The van der Waals surface area contributed by atoms with Crippen molar-refractivity contribution in [3.8, 4) is 57.1 Å². The molecule has 5 aromatic rings. The van der Waals surface area contributed by atoms with Gasteiger partial charge in [0, 0.05) is 35.7 Å². The number of ether oxygens (including phenoxy) is 6. The van der Waals surface area contributed by atoms with E-state index in [0.29, 0.717) is 0 Å². The molecule has 40 heteroatoms. The number of carbonyl (C=O) groups excluding carboxylic acids is 8. The number of likely N-dealkylation sites (N-methyl/N-ethyl adjacent to an activating group) is 1. The fourth-order valence-electron chi connectivity index (χ4n) is 13.5. The molecule has 19 atom stereocenters. The van der Waals surface area contributed by atoms with Crippen LogP contribution in [0.2, 0.25) is 10.0 Å². The molecule has 11 bridgehead atoms. The highest BCUT2D eigenvalue weighted by molar-refractivity contribution is 6.32. The van der Waals surface area contributed by atoms with Crippen molar-refractivity contribution < 1.29 is 123 Å². The van der Waals surface area contributed by atoms with Crippen LogP contribution in [-0.2, 0) is 57.4 Å². The zero-order chi connectivity index (χ0) is 81.8. The van der Waals surface area contributed by atoms with Crippen molar-refractivity contribution in [1.29, 1.82) is 0 Å². The van der Waals surface area contributed by atoms with Crippen LogP contribution in [0.4, 0.5) is 0 Å². The summed E-state index contributed by atoms with van der Waals surface area (Å²) in [5, 5.41) is 134. The Morgan fingerprint density at radius 3 is 1.92 bits per heavy atom. The predicted molar refractivity (Wildman–Crippen MR) is 391 cm³/mol. The number of rotatable bonds is 19. The maximum Gasteiger partial charge on any atom is 0.326 e. The quantitative estimate of drug-likeness (QED) is 0.0258. The van der Waals surface area contributed by atoms with Gasteiger partial charge < -0.3 is 145 Å². The molecule has 604 valence electrons. The van der Waals surface area contributed by atoms with Crippen molar-refractivity contribution in [2.24, 2.45) is 33.8 Å². The number of aromatic hydroxyl groups is 3. The van der Waals surface area contributed by atoms with Crippen LogP contribution in [0.25, 0.3) is 11.1 Å². The normalized spacial score (nSPS) is 27.9. The van der Waals surface area contributed by atoms with E-state index in [4.69, 9.17) is 74.6 Å². The molecule has 38 nitrogen and oxygen atoms in total. The summed E-state index contributed by atoms with van der Waals surface area (Å²) in [4.78, 5) is 137. The number of amides is 8. The number of fused-ring (bicyclic) bond motifs is 15. The number of nitrogens with two attached hydrogens (primary N) is 4. The Hall–Kier alpha value is -10.5. The number of halogens is 2. The number of phenolic OH excluding ortho intramolecular Hbond substituents is 3. The number of aliphatic carboxylic acids is 1. The molecule has 5 aromatic carbocycles. The average molecular weight is 1610 g/mol. The molecule has 0 unspecified atom stereocenters. The van der Waals surface area contributed by atoms with Crippen LogP contribution in [0.1, 0.15) is 118 Å². The summed E-state index contributed by atoms with van der Waals surface area (Å²) >= 11 is 14.2. The van der Waals surface area contributed by atoms with Gasteiger partial charge in [-0.3, -0.25) is 43.3 Å². The lowest BCUT2D eigenvalue weighted by molar-refractivity contribution is -0.333. The summed E-state index contributed by atoms with van der Waals surface area (Å²) in [5.41, 5.74) is 18.7. The highest BCUT2D eigenvalue weighted by Crippen LogP contribution is 2.50. The molecule has 0 spiro atoms. The first-order chi connectivity index (χ1) is 52.9. The van der Waals surface area contributed by atoms with Crippen LogP contribution < -0.4 is 79.7 Å². The fraction of sp³-hybridized carbons (Fsp3) is 0.444. The van der Waals surface area contributed by atoms with E-state index in [0.717, 1.165) is 66.7 Å². The molecule has 2 fully saturated rings. The lowest BCUT2D eigenvalue weighted by atomic mass is 9.86. The third kappa shape index (κ3) is 18.8. The molecule has 112 heavy (non-hydrogen) atoms. The zero-order valence-electron chi connectivity index (χ0n) is 60.5. The van der Waals surface area contributed by atoms with Crippen molar-refractivity contribution in [2.75, 3.05) is 20.2 Å². The van der Waals surface area contributed by atoms with Crippen LogP contribution in [0.15, 0.2) is 83.9 Å². The first-order valence-corrected chi connectivity index (χ1v) is 35.9. The van der Waals surface area contributed by atoms with Crippen LogP contribution in [0, 0.1) is 5.92 Å². The summed E-state index contributed by atoms with van der Waals surface area (Å²) in [6.07, 6.45) is -19.3. The van der Waals surface area contributed by atoms with Gasteiger partial charge in [-0.25, -0.2) is 4.79 Å². The van der Waals surface area contributed by atoms with Gasteiger partial charge in [0.25, 0.3) is 0 Å². The summed E-state index contributed by atoms with van der Waals surface area (Å²) in [6, 6.07) is -2.92. The lowest BCUT2D eigenvalue weighted by Crippen LogP contribution is -2.64. The summed E-state index contributed by atoms with van der Waals surface area (Å²) in [7, 11) is 1.46. The molecule has 0 radical (unpaired) electrons. The SMILES string of the molecule is CN[C@H](CC(C)C)C(=O)N[C@H]1C(=O)N[C@@H](CC(N)=O)C(=O)N[C@H]2C(=O)N[C@H]3C(=O)N[C@H](C(=O)N[C@H](C(=O)N[C@@H](CCCN=C(N)N)C(=O)O)c4cc(O)cc(O)c4-c4cc3ccc4O)[C@H](O)c3ccc(c(Cl)c3)Oc3cc2cc(c3O[C@@H]2O[C@H](CO)[C@@H](O)[C@H](O)[C@H]2O[C@H]2C[C@](C)(N)[C@H](O)[C@H](C)O2)Oc2ccc(cc2Cl)[C@H]1O. The van der Waals surface area contributed by atoms with E-state index in [1.165, 1.54) is 33.0 Å². The number of aliphatic imine (C=N–C) groups is 1. The van der Waals surface area contributed by atoms with Gasteiger partial charge in [-0.1, -0.05) is 55.2 Å². The number of nitrogens with zero attached hydrogens (tertiary/aromatic N) is 1. The molecule has 0 aliphatic carbocycles. The number of nitrogens with one attached hydrogen (secondary N) is 8. The topological polar surface area (TPSA) is 624 Å². The number of carboxylic acids is 1. The summed E-state index contributed by atoms with van der Waals surface area (Å²) < 4.78 is 38.5. The van der Waals surface area contributed by atoms with Crippen molar-refractivity contribution in [3.63, 3.8) is 0 Å². The third-order valence-electron chi connectivity index (χ3n) is 19.3. The number of aliphatic hydroxyl groups is 6. The predicted octanol–water partition coefficient (Wildman–Crippen LogP) is -1.36. The Morgan fingerprint density at radius 2 is 1.33 bits per heavy atom. The van der Waals surface area contributed by atoms with E-state index >= 15 is 19.2 Å².